The summed E-state index contributed by atoms with van der Waals surface area (Å²) in [5.74, 6) is 0.269. The largest absolute Gasteiger partial charge is 0.373 e. The fourth-order valence-corrected chi connectivity index (χ4v) is 4.97. The Labute approximate surface area is 173 Å². The minimum Gasteiger partial charge on any atom is -0.373 e. The first-order chi connectivity index (χ1) is 13.4. The monoisotopic (exact) mass is 431 g/mol. The molecule has 0 fully saturated rings. The van der Waals surface area contributed by atoms with Gasteiger partial charge in [-0.1, -0.05) is 78.3 Å². The number of Topliss-reactive ketones (excluding diaryl/α,β-unsaturated/α-hetero) is 1. The van der Waals surface area contributed by atoms with E-state index in [1.54, 1.807) is 0 Å². The van der Waals surface area contributed by atoms with Crippen molar-refractivity contribution in [1.82, 2.24) is 0 Å². The average molecular weight is 432 g/mol. The van der Waals surface area contributed by atoms with Crippen LogP contribution in [0.4, 0.5) is 5.69 Å². The van der Waals surface area contributed by atoms with Gasteiger partial charge in [0.1, 0.15) is 0 Å². The highest BCUT2D eigenvalue weighted by atomic mass is 79.9. The maximum absolute atomic E-state index is 13.3. The quantitative estimate of drug-likeness (QED) is 0.453. The smallest absolute Gasteiger partial charge is 0.162 e. The zero-order chi connectivity index (χ0) is 19.5. The minimum absolute atomic E-state index is 0.0135. The molecule has 1 unspecified atom stereocenters. The Morgan fingerprint density at radius 3 is 2.50 bits per heavy atom. The molecule has 0 aromatic heterocycles. The van der Waals surface area contributed by atoms with Gasteiger partial charge in [0, 0.05) is 27.4 Å². The van der Waals surface area contributed by atoms with E-state index in [9.17, 15) is 4.79 Å². The van der Waals surface area contributed by atoms with Crippen LogP contribution in [0.2, 0.25) is 0 Å². The van der Waals surface area contributed by atoms with Gasteiger partial charge < -0.3 is 5.32 Å². The highest BCUT2D eigenvalue weighted by molar-refractivity contribution is 9.10. The number of anilines is 1. The number of hydrogen-bond acceptors (Lipinski definition) is 2. The fraction of sp³-hybridized carbons (Fsp3) is 0.240. The number of fused-ring (bicyclic) bond motifs is 4. The molecule has 1 atom stereocenters. The molecule has 0 saturated carbocycles. The van der Waals surface area contributed by atoms with Crippen molar-refractivity contribution in [3.05, 3.63) is 81.8 Å². The molecule has 1 aliphatic carbocycles. The van der Waals surface area contributed by atoms with E-state index in [4.69, 9.17) is 0 Å². The highest BCUT2D eigenvalue weighted by Gasteiger charge is 2.40. The lowest BCUT2D eigenvalue weighted by molar-refractivity contribution is -0.118. The summed E-state index contributed by atoms with van der Waals surface area (Å²) in [6.07, 6.45) is 1.53. The third-order valence-electron chi connectivity index (χ3n) is 5.95. The van der Waals surface area contributed by atoms with E-state index in [0.717, 1.165) is 27.7 Å². The molecule has 28 heavy (non-hydrogen) atoms. The molecule has 3 aromatic carbocycles. The summed E-state index contributed by atoms with van der Waals surface area (Å²) in [4.78, 5) is 13.3. The van der Waals surface area contributed by atoms with Gasteiger partial charge in [-0.2, -0.15) is 0 Å². The van der Waals surface area contributed by atoms with Crippen molar-refractivity contribution in [2.45, 2.75) is 32.7 Å². The fourth-order valence-electron chi connectivity index (χ4n) is 4.71. The summed E-state index contributed by atoms with van der Waals surface area (Å²) in [7, 11) is 0. The molecule has 2 nitrogen and oxygen atoms in total. The van der Waals surface area contributed by atoms with E-state index in [2.05, 4.69) is 83.6 Å². The number of rotatable bonds is 1. The molecule has 0 spiro atoms. The maximum Gasteiger partial charge on any atom is 0.162 e. The Balaban J connectivity index is 1.79. The van der Waals surface area contributed by atoms with Gasteiger partial charge in [0.25, 0.3) is 0 Å². The second-order valence-electron chi connectivity index (χ2n) is 8.67. The van der Waals surface area contributed by atoms with Crippen LogP contribution in [-0.4, -0.2) is 5.78 Å². The molecule has 0 amide bonds. The molecule has 3 heteroatoms. The zero-order valence-corrected chi connectivity index (χ0v) is 17.6. The number of allylic oxidation sites excluding steroid dienone is 1. The van der Waals surface area contributed by atoms with E-state index < -0.39 is 0 Å². The topological polar surface area (TPSA) is 29.1 Å². The second kappa shape index (κ2) is 6.31. The molecule has 0 saturated heterocycles. The van der Waals surface area contributed by atoms with Crippen LogP contribution in [0.15, 0.2) is 70.7 Å². The van der Waals surface area contributed by atoms with Crippen molar-refractivity contribution in [3.63, 3.8) is 0 Å². The van der Waals surface area contributed by atoms with Crippen LogP contribution in [0.1, 0.15) is 43.9 Å². The summed E-state index contributed by atoms with van der Waals surface area (Å²) in [5.41, 5.74) is 5.61. The minimum atomic E-state index is -0.106. The van der Waals surface area contributed by atoms with Crippen LogP contribution in [0.5, 0.6) is 0 Å². The lowest BCUT2D eigenvalue weighted by atomic mass is 9.68. The van der Waals surface area contributed by atoms with Crippen LogP contribution < -0.4 is 5.32 Å². The Kier molecular flexibility index (Phi) is 3.99. The van der Waals surface area contributed by atoms with Gasteiger partial charge >= 0.3 is 0 Å². The third kappa shape index (κ3) is 2.80. The van der Waals surface area contributed by atoms with Crippen LogP contribution in [0.25, 0.3) is 16.3 Å². The Bertz CT molecular complexity index is 1140. The molecular formula is C25H22BrNO. The second-order valence-corrected chi connectivity index (χ2v) is 9.59. The molecule has 2 aliphatic rings. The van der Waals surface area contributed by atoms with Crippen molar-refractivity contribution in [2.24, 2.45) is 5.41 Å². The van der Waals surface area contributed by atoms with E-state index in [-0.39, 0.29) is 17.2 Å². The molecule has 1 heterocycles. The van der Waals surface area contributed by atoms with Crippen molar-refractivity contribution >= 4 is 43.7 Å². The van der Waals surface area contributed by atoms with Crippen molar-refractivity contribution in [2.75, 3.05) is 5.32 Å². The molecule has 140 valence electrons. The number of ketones is 1. The molecule has 5 rings (SSSR count). The lowest BCUT2D eigenvalue weighted by Gasteiger charge is -2.40. The SMILES string of the molecule is CC1(C)CC(=O)C2=C(C1)c1ccc3ccccc3c1NC2c1ccc(Br)cc1. The number of hydrogen-bond donors (Lipinski definition) is 1. The van der Waals surface area contributed by atoms with Gasteiger partial charge in [0.2, 0.25) is 0 Å². The van der Waals surface area contributed by atoms with Gasteiger partial charge in [-0.25, -0.2) is 0 Å². The van der Waals surface area contributed by atoms with E-state index in [0.29, 0.717) is 6.42 Å². The molecule has 0 bridgehead atoms. The molecule has 0 radical (unpaired) electrons. The number of benzene rings is 3. The predicted molar refractivity (Wildman–Crippen MR) is 119 cm³/mol. The summed E-state index contributed by atoms with van der Waals surface area (Å²) < 4.78 is 1.04. The van der Waals surface area contributed by atoms with Gasteiger partial charge in [0.15, 0.2) is 5.78 Å². The number of carbonyl (C=O) groups is 1. The average Bonchev–Trinajstić information content (AvgIpc) is 2.66. The van der Waals surface area contributed by atoms with Crippen molar-refractivity contribution < 1.29 is 4.79 Å². The van der Waals surface area contributed by atoms with Gasteiger partial charge in [-0.05, 0) is 40.5 Å². The molecular weight excluding hydrogens is 410 g/mol. The number of halogens is 1. The maximum atomic E-state index is 13.3. The summed E-state index contributed by atoms with van der Waals surface area (Å²) in [6, 6.07) is 21.0. The summed E-state index contributed by atoms with van der Waals surface area (Å²) >= 11 is 3.52. The van der Waals surface area contributed by atoms with Crippen molar-refractivity contribution in [3.8, 4) is 0 Å². The summed E-state index contributed by atoms with van der Waals surface area (Å²) in [5, 5.41) is 6.17. The summed E-state index contributed by atoms with van der Waals surface area (Å²) in [6.45, 7) is 4.40. The molecule has 1 aliphatic heterocycles. The Morgan fingerprint density at radius 1 is 0.964 bits per heavy atom. The normalized spacial score (nSPS) is 20.5. The van der Waals surface area contributed by atoms with Gasteiger partial charge in [0.05, 0.1) is 11.7 Å². The van der Waals surface area contributed by atoms with Gasteiger partial charge in [-0.15, -0.1) is 0 Å². The Morgan fingerprint density at radius 2 is 1.71 bits per heavy atom. The first kappa shape index (κ1) is 17.7. The highest BCUT2D eigenvalue weighted by Crippen LogP contribution is 2.51. The lowest BCUT2D eigenvalue weighted by Crippen LogP contribution is -2.33. The van der Waals surface area contributed by atoms with E-state index in [1.165, 1.54) is 21.9 Å². The van der Waals surface area contributed by atoms with Gasteiger partial charge in [-0.3, -0.25) is 4.79 Å². The number of carbonyl (C=O) groups excluding carboxylic acids is 1. The van der Waals surface area contributed by atoms with Crippen LogP contribution in [0.3, 0.4) is 0 Å². The number of nitrogens with one attached hydrogen (secondary N) is 1. The zero-order valence-electron chi connectivity index (χ0n) is 16.1. The van der Waals surface area contributed by atoms with E-state index >= 15 is 0 Å². The van der Waals surface area contributed by atoms with Crippen LogP contribution >= 0.6 is 15.9 Å². The van der Waals surface area contributed by atoms with Crippen LogP contribution in [0, 0.1) is 5.41 Å². The Hall–Kier alpha value is -2.39. The van der Waals surface area contributed by atoms with Crippen molar-refractivity contribution in [1.29, 1.82) is 0 Å². The van der Waals surface area contributed by atoms with E-state index in [1.807, 2.05) is 12.1 Å². The molecule has 1 N–H and O–H groups in total. The first-order valence-corrected chi connectivity index (χ1v) is 10.5. The molecule has 3 aromatic rings. The standard InChI is InChI=1S/C25H22BrNO/c1-25(2)13-20-19-12-9-15-5-3-4-6-18(15)24(19)27-23(22(20)21(28)14-25)16-7-10-17(26)11-8-16/h3-12,23,27H,13-14H2,1-2H3. The van der Waals surface area contributed by atoms with Crippen LogP contribution in [-0.2, 0) is 4.79 Å². The predicted octanol–water partition coefficient (Wildman–Crippen LogP) is 6.91. The first-order valence-electron chi connectivity index (χ1n) is 9.73. The third-order valence-corrected chi connectivity index (χ3v) is 6.48.